The number of alkyl halides is 3. The minimum atomic E-state index is -4.53. The lowest BCUT2D eigenvalue weighted by Crippen LogP contribution is -2.46. The van der Waals surface area contributed by atoms with Crippen LogP contribution in [0.2, 0.25) is 0 Å². The molecule has 0 heterocycles. The van der Waals surface area contributed by atoms with Crippen molar-refractivity contribution in [3.05, 3.63) is 0 Å². The molecule has 25 heavy (non-hydrogen) atoms. The summed E-state index contributed by atoms with van der Waals surface area (Å²) in [7, 11) is 0. The van der Waals surface area contributed by atoms with Crippen molar-refractivity contribution in [3.63, 3.8) is 0 Å². The van der Waals surface area contributed by atoms with Crippen molar-refractivity contribution < 1.29 is 27.5 Å². The zero-order valence-electron chi connectivity index (χ0n) is 14.2. The van der Waals surface area contributed by atoms with Gasteiger partial charge in [0.25, 0.3) is 0 Å². The Kier molecular flexibility index (Phi) is 6.87. The summed E-state index contributed by atoms with van der Waals surface area (Å²) in [4.78, 5) is 26.6. The molecule has 2 saturated carbocycles. The SMILES string of the molecule is O=C=NC1(CC2CCCCC2NC(=O)OCC(F)(F)F)CCCCC1. The van der Waals surface area contributed by atoms with Crippen LogP contribution in [0.4, 0.5) is 18.0 Å². The normalized spacial score (nSPS) is 26.4. The topological polar surface area (TPSA) is 67.8 Å². The first kappa shape index (κ1) is 19.8. The van der Waals surface area contributed by atoms with Crippen molar-refractivity contribution in [1.82, 2.24) is 5.32 Å². The Bertz CT molecular complexity index is 498. The molecule has 8 heteroatoms. The highest BCUT2D eigenvalue weighted by molar-refractivity contribution is 5.67. The molecule has 0 aliphatic heterocycles. The van der Waals surface area contributed by atoms with E-state index in [4.69, 9.17) is 0 Å². The predicted molar refractivity (Wildman–Crippen MR) is 84.8 cm³/mol. The second-order valence-corrected chi connectivity index (χ2v) is 7.18. The van der Waals surface area contributed by atoms with Gasteiger partial charge in [-0.05, 0) is 38.0 Å². The number of rotatable bonds is 5. The van der Waals surface area contributed by atoms with Crippen molar-refractivity contribution in [1.29, 1.82) is 0 Å². The molecule has 2 rings (SSSR count). The van der Waals surface area contributed by atoms with Crippen molar-refractivity contribution >= 4 is 12.2 Å². The first-order valence-electron chi connectivity index (χ1n) is 8.93. The molecule has 1 N–H and O–H groups in total. The van der Waals surface area contributed by atoms with Crippen LogP contribution < -0.4 is 5.32 Å². The third-order valence-corrected chi connectivity index (χ3v) is 5.29. The number of ether oxygens (including phenoxy) is 1. The number of amides is 1. The van der Waals surface area contributed by atoms with Crippen LogP contribution in [0.15, 0.2) is 4.99 Å². The second-order valence-electron chi connectivity index (χ2n) is 7.18. The molecule has 0 aromatic rings. The summed E-state index contributed by atoms with van der Waals surface area (Å²) >= 11 is 0. The fourth-order valence-corrected chi connectivity index (χ4v) is 4.14. The van der Waals surface area contributed by atoms with E-state index in [1.54, 1.807) is 6.08 Å². The number of hydrogen-bond donors (Lipinski definition) is 1. The van der Waals surface area contributed by atoms with Crippen molar-refractivity contribution in [2.24, 2.45) is 10.9 Å². The number of aliphatic imine (C=N–C) groups is 1. The van der Waals surface area contributed by atoms with Gasteiger partial charge in [0.05, 0.1) is 5.54 Å². The molecular formula is C17H25F3N2O3. The standard InChI is InChI=1S/C17H25F3N2O3/c18-17(19,20)11-25-15(24)22-14-7-3-2-6-13(14)10-16(21-12-23)8-4-1-5-9-16/h13-14H,1-11H2,(H,22,24). The second kappa shape index (κ2) is 8.70. The number of halogens is 3. The summed E-state index contributed by atoms with van der Waals surface area (Å²) in [5, 5.41) is 2.59. The molecule has 0 aromatic heterocycles. The highest BCUT2D eigenvalue weighted by atomic mass is 19.4. The van der Waals surface area contributed by atoms with Gasteiger partial charge >= 0.3 is 12.3 Å². The highest BCUT2D eigenvalue weighted by Crippen LogP contribution is 2.40. The van der Waals surface area contributed by atoms with E-state index in [-0.39, 0.29) is 12.0 Å². The average Bonchev–Trinajstić information content (AvgIpc) is 2.55. The van der Waals surface area contributed by atoms with Crippen molar-refractivity contribution in [3.8, 4) is 0 Å². The monoisotopic (exact) mass is 362 g/mol. The Morgan fingerprint density at radius 3 is 2.48 bits per heavy atom. The smallest absolute Gasteiger partial charge is 0.422 e. The first-order chi connectivity index (χ1) is 11.8. The van der Waals surface area contributed by atoms with E-state index in [2.05, 4.69) is 15.0 Å². The van der Waals surface area contributed by atoms with Crippen LogP contribution in [0.5, 0.6) is 0 Å². The molecule has 2 aliphatic carbocycles. The molecule has 2 fully saturated rings. The van der Waals surface area contributed by atoms with Gasteiger partial charge in [-0.3, -0.25) is 0 Å². The number of carbonyl (C=O) groups excluding carboxylic acids is 2. The zero-order chi connectivity index (χ0) is 18.3. The number of hydrogen-bond acceptors (Lipinski definition) is 4. The van der Waals surface area contributed by atoms with E-state index in [1.165, 1.54) is 0 Å². The van der Waals surface area contributed by atoms with Crippen LogP contribution in [0, 0.1) is 5.92 Å². The molecule has 2 aliphatic rings. The van der Waals surface area contributed by atoms with Crippen LogP contribution in [0.3, 0.4) is 0 Å². The molecule has 2 unspecified atom stereocenters. The average molecular weight is 362 g/mol. The number of isocyanates is 1. The fraction of sp³-hybridized carbons (Fsp3) is 0.882. The Labute approximate surface area is 145 Å². The van der Waals surface area contributed by atoms with Gasteiger partial charge in [0.15, 0.2) is 6.61 Å². The number of carbonyl (C=O) groups is 1. The van der Waals surface area contributed by atoms with Gasteiger partial charge in [-0.15, -0.1) is 0 Å². The van der Waals surface area contributed by atoms with E-state index >= 15 is 0 Å². The molecule has 142 valence electrons. The van der Waals surface area contributed by atoms with Gasteiger partial charge in [0.2, 0.25) is 6.08 Å². The van der Waals surface area contributed by atoms with Crippen LogP contribution in [-0.4, -0.2) is 36.5 Å². The maximum atomic E-state index is 12.2. The quantitative estimate of drug-likeness (QED) is 0.587. The molecular weight excluding hydrogens is 337 g/mol. The molecule has 0 radical (unpaired) electrons. The minimum absolute atomic E-state index is 0.0855. The van der Waals surface area contributed by atoms with Gasteiger partial charge in [-0.25, -0.2) is 9.59 Å². The summed E-state index contributed by atoms with van der Waals surface area (Å²) in [6.45, 7) is -1.59. The summed E-state index contributed by atoms with van der Waals surface area (Å²) in [6, 6.07) is -0.241. The first-order valence-corrected chi connectivity index (χ1v) is 8.93. The van der Waals surface area contributed by atoms with Gasteiger partial charge in [-0.2, -0.15) is 18.2 Å². The highest BCUT2D eigenvalue weighted by Gasteiger charge is 2.38. The van der Waals surface area contributed by atoms with Gasteiger partial charge in [-0.1, -0.05) is 32.1 Å². The zero-order valence-corrected chi connectivity index (χ0v) is 14.2. The van der Waals surface area contributed by atoms with Gasteiger partial charge < -0.3 is 10.1 Å². The fourth-order valence-electron chi connectivity index (χ4n) is 4.14. The predicted octanol–water partition coefficient (Wildman–Crippen LogP) is 4.26. The number of alkyl carbamates (subject to hydrolysis) is 1. The maximum Gasteiger partial charge on any atom is 0.422 e. The van der Waals surface area contributed by atoms with Gasteiger partial charge in [0.1, 0.15) is 0 Å². The Hall–Kier alpha value is -1.56. The lowest BCUT2D eigenvalue weighted by atomic mass is 9.71. The molecule has 1 amide bonds. The summed E-state index contributed by atoms with van der Waals surface area (Å²) in [5.41, 5.74) is -0.433. The molecule has 0 saturated heterocycles. The maximum absolute atomic E-state index is 12.2. The van der Waals surface area contributed by atoms with Gasteiger partial charge in [0, 0.05) is 6.04 Å². The third kappa shape index (κ3) is 6.34. The van der Waals surface area contributed by atoms with Crippen molar-refractivity contribution in [2.45, 2.75) is 82.0 Å². The van der Waals surface area contributed by atoms with E-state index in [0.717, 1.165) is 51.4 Å². The van der Waals surface area contributed by atoms with Crippen LogP contribution in [0.1, 0.15) is 64.2 Å². The Morgan fingerprint density at radius 2 is 1.84 bits per heavy atom. The Morgan fingerprint density at radius 1 is 1.16 bits per heavy atom. The van der Waals surface area contributed by atoms with Crippen LogP contribution >= 0.6 is 0 Å². The summed E-state index contributed by atoms with van der Waals surface area (Å²) in [5.74, 6) is 0.0855. The molecule has 0 aromatic carbocycles. The van der Waals surface area contributed by atoms with Crippen LogP contribution in [-0.2, 0) is 9.53 Å². The molecule has 0 spiro atoms. The minimum Gasteiger partial charge on any atom is -0.440 e. The van der Waals surface area contributed by atoms with E-state index in [0.29, 0.717) is 12.8 Å². The van der Waals surface area contributed by atoms with Crippen molar-refractivity contribution in [2.75, 3.05) is 6.61 Å². The van der Waals surface area contributed by atoms with E-state index < -0.39 is 24.4 Å². The molecule has 5 nitrogen and oxygen atoms in total. The Balaban J connectivity index is 1.97. The third-order valence-electron chi connectivity index (χ3n) is 5.29. The molecule has 2 atom stereocenters. The largest absolute Gasteiger partial charge is 0.440 e. The number of nitrogens with one attached hydrogen (secondary N) is 1. The lowest BCUT2D eigenvalue weighted by molar-refractivity contribution is -0.160. The molecule has 0 bridgehead atoms. The summed E-state index contributed by atoms with van der Waals surface area (Å²) < 4.78 is 40.7. The number of nitrogens with zero attached hydrogens (tertiary/aromatic N) is 1. The van der Waals surface area contributed by atoms with E-state index in [9.17, 15) is 22.8 Å². The lowest BCUT2D eigenvalue weighted by Gasteiger charge is -2.40. The summed E-state index contributed by atoms with van der Waals surface area (Å²) in [6.07, 6.45) is 5.03. The van der Waals surface area contributed by atoms with Crippen LogP contribution in [0.25, 0.3) is 0 Å². The van der Waals surface area contributed by atoms with E-state index in [1.807, 2.05) is 0 Å².